The van der Waals surface area contributed by atoms with E-state index in [-0.39, 0.29) is 13.0 Å². The molecule has 1 saturated heterocycles. The van der Waals surface area contributed by atoms with Crippen LogP contribution in [0.25, 0.3) is 4.98 Å². The van der Waals surface area contributed by atoms with Crippen LogP contribution in [-0.4, -0.2) is 37.8 Å². The fourth-order valence-electron chi connectivity index (χ4n) is 5.43. The zero-order valence-corrected chi connectivity index (χ0v) is 23.7. The monoisotopic (exact) mass is 484 g/mol. The number of halogens is 2. The Balaban J connectivity index is 0.00000171. The summed E-state index contributed by atoms with van der Waals surface area (Å²) in [6.07, 6.45) is 11.4. The Labute approximate surface area is 195 Å². The Bertz CT molecular complexity index is 402. The third-order valence-corrected chi connectivity index (χ3v) is 11.5. The summed E-state index contributed by atoms with van der Waals surface area (Å²) in [5.41, 5.74) is 1.06. The van der Waals surface area contributed by atoms with Crippen LogP contribution >= 0.6 is 18.6 Å². The molecule has 28 heavy (non-hydrogen) atoms. The van der Waals surface area contributed by atoms with Crippen LogP contribution in [0.15, 0.2) is 0 Å². The van der Waals surface area contributed by atoms with Gasteiger partial charge in [-0.3, -0.25) is 0 Å². The summed E-state index contributed by atoms with van der Waals surface area (Å²) in [7, 11) is 8.23. The van der Waals surface area contributed by atoms with Crippen LogP contribution in [0.2, 0.25) is 18.1 Å². The summed E-state index contributed by atoms with van der Waals surface area (Å²) in [5, 5.41) is 0. The van der Waals surface area contributed by atoms with Gasteiger partial charge in [-0.1, -0.05) is 86.7 Å². The minimum absolute atomic E-state index is 0. The van der Waals surface area contributed by atoms with Gasteiger partial charge in [0.25, 0.3) is 0 Å². The Hall–Kier alpha value is 1.43. The van der Waals surface area contributed by atoms with Crippen molar-refractivity contribution in [3.05, 3.63) is 12.4 Å². The third kappa shape index (κ3) is 9.71. The van der Waals surface area contributed by atoms with Crippen molar-refractivity contribution in [3.63, 3.8) is 0 Å². The fraction of sp³-hybridized carbons (Fsp3) is 0.955. The van der Waals surface area contributed by atoms with E-state index < -0.39 is 25.3 Å². The molecule has 168 valence electrons. The molecular weight excluding hydrogens is 439 g/mol. The molecule has 4 atom stereocenters. The molecule has 1 aliphatic carbocycles. The van der Waals surface area contributed by atoms with E-state index in [0.29, 0.717) is 0 Å². The third-order valence-electron chi connectivity index (χ3n) is 6.61. The van der Waals surface area contributed by atoms with Crippen LogP contribution in [0.4, 0.5) is 0 Å². The van der Waals surface area contributed by atoms with Crippen molar-refractivity contribution in [2.75, 3.05) is 13.1 Å². The molecule has 1 heterocycles. The second kappa shape index (κ2) is 14.5. The second-order valence-electron chi connectivity index (χ2n) is 9.80. The summed E-state index contributed by atoms with van der Waals surface area (Å²) in [6, 6.07) is 2.20. The van der Waals surface area contributed by atoms with Crippen LogP contribution in [-0.2, 0) is 17.0 Å². The van der Waals surface area contributed by atoms with Crippen LogP contribution in [0.5, 0.6) is 0 Å². The summed E-state index contributed by atoms with van der Waals surface area (Å²) in [6.45, 7) is 17.0. The van der Waals surface area contributed by atoms with E-state index >= 15 is 0 Å². The molecule has 2 fully saturated rings. The zero-order chi connectivity index (χ0) is 20.5. The Morgan fingerprint density at radius 2 is 1.64 bits per heavy atom. The van der Waals surface area contributed by atoms with E-state index in [1.54, 1.807) is 0 Å². The van der Waals surface area contributed by atoms with Gasteiger partial charge in [-0.15, -0.1) is 5.54 Å². The standard InChI is InChI=1S/C21H43N2Si.CH3.2ClH.Ti/c1-7-9-10-13-18-16-19(23-14-11-12-15-23)17-20(18)24(6,8-2)22-21(3,4)5;;;;/h18-20H,7-17H2,1-6H3;1H3;2*1H;/q2*-1;;;+2/p-2/t18?,19?,20?,24-;;;;/m0..../s1. The van der Waals surface area contributed by atoms with Gasteiger partial charge < -0.3 is 17.3 Å². The normalized spacial score (nSPS) is 27.5. The van der Waals surface area contributed by atoms with E-state index in [1.165, 1.54) is 70.5 Å². The van der Waals surface area contributed by atoms with Crippen molar-refractivity contribution in [3.8, 4) is 0 Å². The zero-order valence-electron chi connectivity index (χ0n) is 19.7. The number of unbranched alkanes of at least 4 members (excludes halogenated alkanes) is 2. The number of hydrogen-bond acceptors (Lipinski definition) is 1. The van der Waals surface area contributed by atoms with E-state index in [2.05, 4.69) is 46.1 Å². The van der Waals surface area contributed by atoms with Crippen LogP contribution in [0, 0.1) is 13.3 Å². The molecule has 0 N–H and O–H groups in total. The number of hydrogen-bond donors (Lipinski definition) is 0. The topological polar surface area (TPSA) is 17.3 Å². The molecule has 2 rings (SSSR count). The van der Waals surface area contributed by atoms with E-state index in [1.807, 2.05) is 0 Å². The van der Waals surface area contributed by atoms with Gasteiger partial charge >= 0.3 is 35.6 Å². The van der Waals surface area contributed by atoms with E-state index in [4.69, 9.17) is 23.6 Å². The molecule has 1 aliphatic heterocycles. The minimum atomic E-state index is -1.54. The molecule has 6 heteroatoms. The summed E-state index contributed by atoms with van der Waals surface area (Å²) < 4.78 is 0. The Kier molecular flexibility index (Phi) is 15.2. The molecule has 0 amide bonds. The first-order valence-corrected chi connectivity index (χ1v) is 18.2. The predicted octanol–water partition coefficient (Wildman–Crippen LogP) is 8.41. The Morgan fingerprint density at radius 3 is 2.11 bits per heavy atom. The van der Waals surface area contributed by atoms with E-state index in [9.17, 15) is 0 Å². The fourth-order valence-corrected chi connectivity index (χ4v) is 9.91. The molecule has 0 aromatic heterocycles. The molecular formula is C22H46Cl2N2SiTi-2. The molecule has 2 nitrogen and oxygen atoms in total. The molecule has 0 spiro atoms. The molecule has 3 unspecified atom stereocenters. The molecule has 0 aromatic carbocycles. The maximum absolute atomic E-state index is 5.50. The van der Waals surface area contributed by atoms with Gasteiger partial charge in [0.15, 0.2) is 0 Å². The van der Waals surface area contributed by atoms with Gasteiger partial charge in [-0.25, -0.2) is 0 Å². The number of rotatable bonds is 8. The van der Waals surface area contributed by atoms with Crippen LogP contribution in [0.1, 0.15) is 86.0 Å². The average molecular weight is 485 g/mol. The summed E-state index contributed by atoms with van der Waals surface area (Å²) in [4.78, 5) is 8.33. The second-order valence-corrected chi connectivity index (χ2v) is 16.8. The van der Waals surface area contributed by atoms with Crippen molar-refractivity contribution in [1.82, 2.24) is 4.90 Å². The Morgan fingerprint density at radius 1 is 1.07 bits per heavy atom. The first kappa shape index (κ1) is 29.4. The first-order valence-electron chi connectivity index (χ1n) is 11.1. The van der Waals surface area contributed by atoms with Crippen LogP contribution in [0.3, 0.4) is 0 Å². The molecule has 0 radical (unpaired) electrons. The quantitative estimate of drug-likeness (QED) is 0.192. The maximum atomic E-state index is 5.50. The van der Waals surface area contributed by atoms with Gasteiger partial charge in [-0.05, 0) is 44.7 Å². The van der Waals surface area contributed by atoms with E-state index in [0.717, 1.165) is 17.5 Å². The summed E-state index contributed by atoms with van der Waals surface area (Å²) in [5.74, 6) is 0.949. The van der Waals surface area contributed by atoms with Gasteiger partial charge in [0.1, 0.15) is 0 Å². The van der Waals surface area contributed by atoms with Crippen molar-refractivity contribution in [1.29, 1.82) is 0 Å². The van der Waals surface area contributed by atoms with Gasteiger partial charge in [0.05, 0.1) is 0 Å². The van der Waals surface area contributed by atoms with Crippen molar-refractivity contribution in [2.24, 2.45) is 5.92 Å². The van der Waals surface area contributed by atoms with Gasteiger partial charge in [-0.2, -0.15) is 0 Å². The molecule has 0 aromatic rings. The van der Waals surface area contributed by atoms with Gasteiger partial charge in [0, 0.05) is 6.04 Å². The van der Waals surface area contributed by atoms with Crippen LogP contribution < -0.4 is 0 Å². The number of nitrogens with zero attached hydrogens (tertiary/aromatic N) is 2. The van der Waals surface area contributed by atoms with Crippen molar-refractivity contribution < 1.29 is 17.0 Å². The number of likely N-dealkylation sites (tertiary alicyclic amines) is 1. The molecule has 1 saturated carbocycles. The summed E-state index contributed by atoms with van der Waals surface area (Å²) >= 11 is -0.556. The first-order chi connectivity index (χ1) is 12.7. The van der Waals surface area contributed by atoms with Crippen molar-refractivity contribution in [2.45, 2.75) is 116 Å². The molecule has 2 aliphatic rings. The predicted molar refractivity (Wildman–Crippen MR) is 129 cm³/mol. The molecule has 0 bridgehead atoms. The SMILES string of the molecule is CCCCCC1CC(N2CCCC2)CC1[Si@](C)(CC)[N-]C(C)(C)C.[CH3-].[Cl][Ti][Cl]. The van der Waals surface area contributed by atoms with Crippen molar-refractivity contribution >= 4 is 26.8 Å². The van der Waals surface area contributed by atoms with Gasteiger partial charge in [0.2, 0.25) is 0 Å². The average Bonchev–Trinajstić information content (AvgIpc) is 3.24.